The summed E-state index contributed by atoms with van der Waals surface area (Å²) < 4.78 is 5.32. The van der Waals surface area contributed by atoms with Gasteiger partial charge in [-0.25, -0.2) is 4.79 Å². The highest BCUT2D eigenvalue weighted by Gasteiger charge is 2.35. The topological polar surface area (TPSA) is 79.0 Å². The van der Waals surface area contributed by atoms with Crippen LogP contribution in [-0.4, -0.2) is 65.6 Å². The Morgan fingerprint density at radius 1 is 1.12 bits per heavy atom. The Labute approximate surface area is 202 Å². The lowest BCUT2D eigenvalue weighted by molar-refractivity contribution is -0.151. The first-order valence-electron chi connectivity index (χ1n) is 11.0. The molecule has 0 radical (unpaired) electrons. The zero-order valence-corrected chi connectivity index (χ0v) is 19.9. The number of hydrogen-bond donors (Lipinski definition) is 1. The number of amides is 2. The lowest BCUT2D eigenvalue weighted by Crippen LogP contribution is -2.51. The number of hydrogen-bond acceptors (Lipinski definition) is 6. The Bertz CT molecular complexity index is 1020. The van der Waals surface area contributed by atoms with Crippen molar-refractivity contribution in [2.24, 2.45) is 0 Å². The normalized spacial score (nSPS) is 19.4. The van der Waals surface area contributed by atoms with Crippen LogP contribution in [-0.2, 0) is 19.1 Å². The van der Waals surface area contributed by atoms with Gasteiger partial charge in [0.15, 0.2) is 0 Å². The molecule has 0 aliphatic carbocycles. The van der Waals surface area contributed by atoms with Gasteiger partial charge in [-0.05, 0) is 36.8 Å². The number of para-hydroxylation sites is 1. The molecular weight excluding hydrogens is 462 g/mol. The van der Waals surface area contributed by atoms with Crippen LogP contribution in [0.15, 0.2) is 53.4 Å². The Morgan fingerprint density at radius 2 is 1.82 bits per heavy atom. The van der Waals surface area contributed by atoms with Gasteiger partial charge < -0.3 is 15.0 Å². The third-order valence-electron chi connectivity index (χ3n) is 5.79. The number of nitrogens with zero attached hydrogens (tertiary/aromatic N) is 2. The number of carbonyl (C=O) groups excluding carboxylic acids is 3. The van der Waals surface area contributed by atoms with Crippen LogP contribution in [0.25, 0.3) is 0 Å². The largest absolute Gasteiger partial charge is 0.465 e. The molecule has 0 spiro atoms. The molecule has 0 aromatic heterocycles. The number of carbonyl (C=O) groups is 3. The number of piperazine rings is 1. The summed E-state index contributed by atoms with van der Waals surface area (Å²) >= 11 is 7.44. The highest BCUT2D eigenvalue weighted by molar-refractivity contribution is 8.01. The van der Waals surface area contributed by atoms with Crippen LogP contribution >= 0.6 is 23.4 Å². The lowest BCUT2D eigenvalue weighted by Gasteiger charge is -2.38. The SMILES string of the molecule is CCOC(=O)C(c1ccc(Cl)cc1)N1CCN(C(=O)CC2Sc3ccccc3NC2=O)CC1. The van der Waals surface area contributed by atoms with Crippen molar-refractivity contribution in [1.82, 2.24) is 9.80 Å². The quantitative estimate of drug-likeness (QED) is 0.627. The summed E-state index contributed by atoms with van der Waals surface area (Å²) in [7, 11) is 0. The average Bonchev–Trinajstić information content (AvgIpc) is 2.81. The standard InChI is InChI=1S/C24H26ClN3O4S/c1-2-32-24(31)22(16-7-9-17(25)10-8-16)28-13-11-27(12-14-28)21(29)15-20-23(30)26-18-5-3-4-6-19(18)33-20/h3-10,20,22H,2,11-15H2,1H3,(H,26,30). The molecule has 0 bridgehead atoms. The van der Waals surface area contributed by atoms with Crippen molar-refractivity contribution < 1.29 is 19.1 Å². The summed E-state index contributed by atoms with van der Waals surface area (Å²) in [4.78, 5) is 42.9. The first-order chi connectivity index (χ1) is 16.0. The van der Waals surface area contributed by atoms with E-state index in [4.69, 9.17) is 16.3 Å². The van der Waals surface area contributed by atoms with Crippen LogP contribution in [0.2, 0.25) is 5.02 Å². The number of benzene rings is 2. The molecule has 2 amide bonds. The number of halogens is 1. The molecule has 174 valence electrons. The van der Waals surface area contributed by atoms with Crippen molar-refractivity contribution in [2.75, 3.05) is 38.1 Å². The lowest BCUT2D eigenvalue weighted by atomic mass is 10.0. The van der Waals surface area contributed by atoms with E-state index in [2.05, 4.69) is 5.32 Å². The minimum Gasteiger partial charge on any atom is -0.465 e. The van der Waals surface area contributed by atoms with Gasteiger partial charge >= 0.3 is 5.97 Å². The van der Waals surface area contributed by atoms with E-state index in [0.29, 0.717) is 37.8 Å². The smallest absolute Gasteiger partial charge is 0.328 e. The van der Waals surface area contributed by atoms with Crippen LogP contribution in [0.1, 0.15) is 24.9 Å². The summed E-state index contributed by atoms with van der Waals surface area (Å²) in [6, 6.07) is 14.2. The number of esters is 1. The van der Waals surface area contributed by atoms with E-state index >= 15 is 0 Å². The summed E-state index contributed by atoms with van der Waals surface area (Å²) in [5.74, 6) is -0.509. The summed E-state index contributed by atoms with van der Waals surface area (Å²) in [6.45, 7) is 4.11. The van der Waals surface area contributed by atoms with Gasteiger partial charge in [-0.1, -0.05) is 35.9 Å². The first-order valence-corrected chi connectivity index (χ1v) is 12.2. The van der Waals surface area contributed by atoms with E-state index < -0.39 is 11.3 Å². The number of nitrogens with one attached hydrogen (secondary N) is 1. The minimum absolute atomic E-state index is 0.0548. The number of thioether (sulfide) groups is 1. The van der Waals surface area contributed by atoms with Gasteiger partial charge in [0, 0.05) is 42.5 Å². The van der Waals surface area contributed by atoms with Crippen LogP contribution in [0.3, 0.4) is 0 Å². The predicted molar refractivity (Wildman–Crippen MR) is 128 cm³/mol. The number of anilines is 1. The van der Waals surface area contributed by atoms with Crippen LogP contribution in [0.4, 0.5) is 5.69 Å². The zero-order valence-electron chi connectivity index (χ0n) is 18.3. The van der Waals surface area contributed by atoms with E-state index in [1.54, 1.807) is 24.0 Å². The third-order valence-corrected chi connectivity index (χ3v) is 7.32. The van der Waals surface area contributed by atoms with Gasteiger partial charge in [0.05, 0.1) is 17.5 Å². The molecular formula is C24H26ClN3O4S. The van der Waals surface area contributed by atoms with Crippen LogP contribution in [0.5, 0.6) is 0 Å². The number of ether oxygens (including phenoxy) is 1. The maximum atomic E-state index is 13.0. The first kappa shape index (κ1) is 23.6. The monoisotopic (exact) mass is 487 g/mol. The van der Waals surface area contributed by atoms with Crippen molar-refractivity contribution in [1.29, 1.82) is 0 Å². The Morgan fingerprint density at radius 3 is 2.52 bits per heavy atom. The fraction of sp³-hybridized carbons (Fsp3) is 0.375. The second kappa shape index (κ2) is 10.6. The van der Waals surface area contributed by atoms with Gasteiger partial charge in [0.25, 0.3) is 0 Å². The molecule has 2 unspecified atom stereocenters. The van der Waals surface area contributed by atoms with E-state index in [1.165, 1.54) is 11.8 Å². The molecule has 2 atom stereocenters. The van der Waals surface area contributed by atoms with E-state index in [0.717, 1.165) is 16.1 Å². The molecule has 2 aromatic carbocycles. The van der Waals surface area contributed by atoms with Crippen molar-refractivity contribution in [3.63, 3.8) is 0 Å². The van der Waals surface area contributed by atoms with E-state index in [-0.39, 0.29) is 24.2 Å². The molecule has 9 heteroatoms. The van der Waals surface area contributed by atoms with Crippen molar-refractivity contribution in [3.05, 3.63) is 59.1 Å². The Balaban J connectivity index is 1.38. The van der Waals surface area contributed by atoms with E-state index in [1.807, 2.05) is 41.3 Å². The van der Waals surface area contributed by atoms with Crippen molar-refractivity contribution in [2.45, 2.75) is 29.5 Å². The second-order valence-corrected chi connectivity index (χ2v) is 9.60. The van der Waals surface area contributed by atoms with Crippen LogP contribution in [0, 0.1) is 0 Å². The molecule has 1 fully saturated rings. The third kappa shape index (κ3) is 5.51. The molecule has 2 aromatic rings. The minimum atomic E-state index is -0.546. The number of rotatable bonds is 6. The fourth-order valence-electron chi connectivity index (χ4n) is 4.11. The predicted octanol–water partition coefficient (Wildman–Crippen LogP) is 3.59. The van der Waals surface area contributed by atoms with Crippen molar-refractivity contribution >= 4 is 46.8 Å². The highest BCUT2D eigenvalue weighted by atomic mass is 35.5. The molecule has 2 aliphatic rings. The van der Waals surface area contributed by atoms with Gasteiger partial charge in [0.2, 0.25) is 11.8 Å². The molecule has 33 heavy (non-hydrogen) atoms. The summed E-state index contributed by atoms with van der Waals surface area (Å²) in [6.07, 6.45) is 0.142. The van der Waals surface area contributed by atoms with Gasteiger partial charge in [-0.2, -0.15) is 0 Å². The average molecular weight is 488 g/mol. The van der Waals surface area contributed by atoms with Gasteiger partial charge in [-0.15, -0.1) is 11.8 Å². The highest BCUT2D eigenvalue weighted by Crippen LogP contribution is 2.37. The Kier molecular flexibility index (Phi) is 7.57. The molecule has 2 aliphatic heterocycles. The zero-order chi connectivity index (χ0) is 23.4. The molecule has 1 saturated heterocycles. The van der Waals surface area contributed by atoms with Crippen molar-refractivity contribution in [3.8, 4) is 0 Å². The van der Waals surface area contributed by atoms with Crippen LogP contribution < -0.4 is 5.32 Å². The number of fused-ring (bicyclic) bond motifs is 1. The van der Waals surface area contributed by atoms with Gasteiger partial charge in [-0.3, -0.25) is 14.5 Å². The summed E-state index contributed by atoms with van der Waals surface area (Å²) in [5.41, 5.74) is 1.60. The fourth-order valence-corrected chi connectivity index (χ4v) is 5.33. The molecule has 4 rings (SSSR count). The maximum absolute atomic E-state index is 13.0. The molecule has 1 N–H and O–H groups in total. The van der Waals surface area contributed by atoms with Gasteiger partial charge in [0.1, 0.15) is 6.04 Å². The Hall–Kier alpha value is -2.55. The molecule has 2 heterocycles. The summed E-state index contributed by atoms with van der Waals surface area (Å²) in [5, 5.41) is 3.04. The second-order valence-electron chi connectivity index (χ2n) is 7.92. The van der Waals surface area contributed by atoms with E-state index in [9.17, 15) is 14.4 Å². The molecule has 7 nitrogen and oxygen atoms in total. The maximum Gasteiger partial charge on any atom is 0.328 e. The molecule has 0 saturated carbocycles.